The van der Waals surface area contributed by atoms with Crippen molar-refractivity contribution >= 4 is 22.7 Å². The van der Waals surface area contributed by atoms with Crippen molar-refractivity contribution in [3.8, 4) is 5.75 Å². The van der Waals surface area contributed by atoms with Crippen LogP contribution in [-0.4, -0.2) is 11.8 Å². The molecule has 0 bridgehead atoms. The standard InChI is InChI=1S/C23H14O5/c24-19-14-21(28-20-9-5-4-8-18(19)20)23(26)27-17-12-10-16(11-13-17)22(25)15-6-2-1-3-7-15/h1-14H. The molecule has 1 aromatic heterocycles. The van der Waals surface area contributed by atoms with E-state index in [2.05, 4.69) is 0 Å². The highest BCUT2D eigenvalue weighted by molar-refractivity contribution is 6.09. The summed E-state index contributed by atoms with van der Waals surface area (Å²) in [6.07, 6.45) is 0. The van der Waals surface area contributed by atoms with E-state index >= 15 is 0 Å². The summed E-state index contributed by atoms with van der Waals surface area (Å²) in [4.78, 5) is 36.8. The molecule has 4 rings (SSSR count). The van der Waals surface area contributed by atoms with Crippen LogP contribution >= 0.6 is 0 Å². The Morgan fingerprint density at radius 2 is 1.39 bits per heavy atom. The maximum absolute atomic E-state index is 12.4. The van der Waals surface area contributed by atoms with Gasteiger partial charge in [0.05, 0.1) is 5.39 Å². The second-order valence-corrected chi connectivity index (χ2v) is 6.08. The summed E-state index contributed by atoms with van der Waals surface area (Å²) in [6.45, 7) is 0. The lowest BCUT2D eigenvalue weighted by molar-refractivity contribution is 0.0702. The van der Waals surface area contributed by atoms with E-state index in [0.717, 1.165) is 6.07 Å². The molecule has 0 aliphatic heterocycles. The van der Waals surface area contributed by atoms with Crippen LogP contribution < -0.4 is 10.2 Å². The number of esters is 1. The van der Waals surface area contributed by atoms with Crippen LogP contribution in [0.15, 0.2) is 94.1 Å². The van der Waals surface area contributed by atoms with Crippen LogP contribution in [0.25, 0.3) is 11.0 Å². The van der Waals surface area contributed by atoms with Gasteiger partial charge in [-0.1, -0.05) is 42.5 Å². The van der Waals surface area contributed by atoms with Gasteiger partial charge in [-0.25, -0.2) is 4.79 Å². The lowest BCUT2D eigenvalue weighted by Crippen LogP contribution is -2.12. The fourth-order valence-electron chi connectivity index (χ4n) is 2.79. The molecule has 0 saturated carbocycles. The largest absolute Gasteiger partial charge is 0.449 e. The minimum Gasteiger partial charge on any atom is -0.449 e. The summed E-state index contributed by atoms with van der Waals surface area (Å²) in [7, 11) is 0. The van der Waals surface area contributed by atoms with Gasteiger partial charge in [0, 0.05) is 17.2 Å². The van der Waals surface area contributed by atoms with Crippen LogP contribution in [0.3, 0.4) is 0 Å². The molecule has 3 aromatic carbocycles. The van der Waals surface area contributed by atoms with Gasteiger partial charge in [0.15, 0.2) is 11.2 Å². The Hall–Kier alpha value is -3.99. The molecule has 0 saturated heterocycles. The third-order valence-electron chi connectivity index (χ3n) is 4.20. The van der Waals surface area contributed by atoms with Gasteiger partial charge in [-0.05, 0) is 36.4 Å². The first-order valence-electron chi connectivity index (χ1n) is 8.57. The number of rotatable bonds is 4. The van der Waals surface area contributed by atoms with Crippen LogP contribution in [0.1, 0.15) is 26.5 Å². The molecule has 0 radical (unpaired) electrons. The van der Waals surface area contributed by atoms with Crippen molar-refractivity contribution in [2.75, 3.05) is 0 Å². The summed E-state index contributed by atoms with van der Waals surface area (Å²) in [6, 6.07) is 22.9. The van der Waals surface area contributed by atoms with Crippen molar-refractivity contribution in [1.29, 1.82) is 0 Å². The van der Waals surface area contributed by atoms with Gasteiger partial charge >= 0.3 is 5.97 Å². The highest BCUT2D eigenvalue weighted by Gasteiger charge is 2.15. The Kier molecular flexibility index (Phi) is 4.56. The van der Waals surface area contributed by atoms with E-state index in [1.807, 2.05) is 6.07 Å². The summed E-state index contributed by atoms with van der Waals surface area (Å²) < 4.78 is 10.7. The Bertz CT molecular complexity index is 1220. The monoisotopic (exact) mass is 370 g/mol. The Labute approximate surface area is 159 Å². The summed E-state index contributed by atoms with van der Waals surface area (Å²) in [5.41, 5.74) is 1.04. The smallest absolute Gasteiger partial charge is 0.379 e. The fourth-order valence-corrected chi connectivity index (χ4v) is 2.79. The van der Waals surface area contributed by atoms with Gasteiger partial charge in [-0.3, -0.25) is 9.59 Å². The maximum atomic E-state index is 12.4. The molecular weight excluding hydrogens is 356 g/mol. The molecule has 0 atom stereocenters. The van der Waals surface area contributed by atoms with Crippen molar-refractivity contribution in [3.05, 3.63) is 112 Å². The molecular formula is C23H14O5. The molecule has 136 valence electrons. The first kappa shape index (κ1) is 17.4. The molecule has 0 N–H and O–H groups in total. The maximum Gasteiger partial charge on any atom is 0.379 e. The fraction of sp³-hybridized carbons (Fsp3) is 0. The summed E-state index contributed by atoms with van der Waals surface area (Å²) in [5, 5.41) is 0.392. The number of benzene rings is 3. The number of fused-ring (bicyclic) bond motifs is 1. The van der Waals surface area contributed by atoms with E-state index in [1.54, 1.807) is 60.7 Å². The van der Waals surface area contributed by atoms with E-state index in [4.69, 9.17) is 9.15 Å². The third kappa shape index (κ3) is 3.46. The summed E-state index contributed by atoms with van der Waals surface area (Å²) in [5.74, 6) is -0.859. The number of hydrogen-bond donors (Lipinski definition) is 0. The third-order valence-corrected chi connectivity index (χ3v) is 4.20. The number of para-hydroxylation sites is 1. The van der Waals surface area contributed by atoms with E-state index in [1.165, 1.54) is 12.1 Å². The molecule has 5 heteroatoms. The van der Waals surface area contributed by atoms with E-state index in [9.17, 15) is 14.4 Å². The van der Waals surface area contributed by atoms with E-state index in [0.29, 0.717) is 22.1 Å². The predicted octanol–water partition coefficient (Wildman–Crippen LogP) is 4.24. The van der Waals surface area contributed by atoms with Crippen LogP contribution in [0.4, 0.5) is 0 Å². The SMILES string of the molecule is O=C(c1ccccc1)c1ccc(OC(=O)c2cc(=O)c3ccccc3o2)cc1. The topological polar surface area (TPSA) is 73.6 Å². The average molecular weight is 370 g/mol. The van der Waals surface area contributed by atoms with Crippen molar-refractivity contribution in [1.82, 2.24) is 0 Å². The normalized spacial score (nSPS) is 10.6. The molecule has 0 fully saturated rings. The molecule has 5 nitrogen and oxygen atoms in total. The van der Waals surface area contributed by atoms with Crippen LogP contribution in [0.5, 0.6) is 5.75 Å². The Morgan fingerprint density at radius 3 is 2.14 bits per heavy atom. The number of ether oxygens (including phenoxy) is 1. The van der Waals surface area contributed by atoms with Crippen molar-refractivity contribution in [2.45, 2.75) is 0 Å². The Morgan fingerprint density at radius 1 is 0.750 bits per heavy atom. The van der Waals surface area contributed by atoms with E-state index < -0.39 is 5.97 Å². The van der Waals surface area contributed by atoms with Crippen molar-refractivity contribution < 1.29 is 18.7 Å². The Balaban J connectivity index is 1.54. The van der Waals surface area contributed by atoms with Gasteiger partial charge in [-0.15, -0.1) is 0 Å². The van der Waals surface area contributed by atoms with Crippen LogP contribution in [-0.2, 0) is 0 Å². The molecule has 0 spiro atoms. The molecule has 0 unspecified atom stereocenters. The van der Waals surface area contributed by atoms with Crippen LogP contribution in [0, 0.1) is 0 Å². The van der Waals surface area contributed by atoms with Gasteiger partial charge in [0.2, 0.25) is 5.76 Å². The molecule has 28 heavy (non-hydrogen) atoms. The molecule has 1 heterocycles. The molecule has 0 aliphatic carbocycles. The van der Waals surface area contributed by atoms with Gasteiger partial charge < -0.3 is 9.15 Å². The van der Waals surface area contributed by atoms with Gasteiger partial charge in [0.1, 0.15) is 11.3 Å². The number of ketones is 1. The highest BCUT2D eigenvalue weighted by Crippen LogP contribution is 2.18. The van der Waals surface area contributed by atoms with Crippen molar-refractivity contribution in [3.63, 3.8) is 0 Å². The molecule has 0 amide bonds. The lowest BCUT2D eigenvalue weighted by atomic mass is 10.0. The molecule has 4 aromatic rings. The number of carbonyl (C=O) groups is 2. The minimum atomic E-state index is -0.787. The number of carbonyl (C=O) groups excluding carboxylic acids is 2. The average Bonchev–Trinajstić information content (AvgIpc) is 2.74. The second-order valence-electron chi connectivity index (χ2n) is 6.08. The quantitative estimate of drug-likeness (QED) is 0.305. The van der Waals surface area contributed by atoms with Crippen molar-refractivity contribution in [2.24, 2.45) is 0 Å². The lowest BCUT2D eigenvalue weighted by Gasteiger charge is -2.06. The van der Waals surface area contributed by atoms with Gasteiger partial charge in [0.25, 0.3) is 0 Å². The highest BCUT2D eigenvalue weighted by atomic mass is 16.5. The predicted molar refractivity (Wildman–Crippen MR) is 104 cm³/mol. The number of hydrogen-bond acceptors (Lipinski definition) is 5. The first-order chi connectivity index (χ1) is 13.6. The summed E-state index contributed by atoms with van der Waals surface area (Å²) >= 11 is 0. The first-order valence-corrected chi connectivity index (χ1v) is 8.57. The second kappa shape index (κ2) is 7.32. The molecule has 0 aliphatic rings. The van der Waals surface area contributed by atoms with E-state index in [-0.39, 0.29) is 22.7 Å². The van der Waals surface area contributed by atoms with Crippen LogP contribution in [0.2, 0.25) is 0 Å². The minimum absolute atomic E-state index is 0.126. The zero-order valence-electron chi connectivity index (χ0n) is 14.6. The zero-order chi connectivity index (χ0) is 19.5. The zero-order valence-corrected chi connectivity index (χ0v) is 14.6. The van der Waals surface area contributed by atoms with Gasteiger partial charge in [-0.2, -0.15) is 0 Å².